The number of piperazine rings is 1. The molecular formula is C6H11N3O3. The summed E-state index contributed by atoms with van der Waals surface area (Å²) in [6.45, 7) is 1.11. The summed E-state index contributed by atoms with van der Waals surface area (Å²) in [6, 6.07) is 0. The maximum atomic E-state index is 10.9. The standard InChI is InChI=1S/C6H11N3O3/c7-4(10)6(5(11)12)3-8-1-2-9-6/h8-9H,1-3H2,(H2,7,10)(H,11,12). The molecule has 1 aliphatic rings. The first-order chi connectivity index (χ1) is 5.59. The number of aliphatic carboxylic acids is 1. The topological polar surface area (TPSA) is 104 Å². The van der Waals surface area contributed by atoms with Gasteiger partial charge in [-0.25, -0.2) is 4.79 Å². The van der Waals surface area contributed by atoms with E-state index in [9.17, 15) is 9.59 Å². The van der Waals surface area contributed by atoms with E-state index in [2.05, 4.69) is 10.6 Å². The number of nitrogens with one attached hydrogen (secondary N) is 2. The molecule has 6 heteroatoms. The normalized spacial score (nSPS) is 29.7. The van der Waals surface area contributed by atoms with Crippen molar-refractivity contribution in [1.29, 1.82) is 0 Å². The number of amides is 1. The minimum atomic E-state index is -1.63. The highest BCUT2D eigenvalue weighted by molar-refractivity contribution is 6.06. The molecule has 68 valence electrons. The molecule has 6 nitrogen and oxygen atoms in total. The summed E-state index contributed by atoms with van der Waals surface area (Å²) in [5, 5.41) is 14.1. The number of carbonyl (C=O) groups excluding carboxylic acids is 1. The summed E-state index contributed by atoms with van der Waals surface area (Å²) < 4.78 is 0. The molecule has 0 spiro atoms. The van der Waals surface area contributed by atoms with Crippen LogP contribution in [0.15, 0.2) is 0 Å². The van der Waals surface area contributed by atoms with Gasteiger partial charge >= 0.3 is 5.97 Å². The van der Waals surface area contributed by atoms with Crippen LogP contribution in [0.25, 0.3) is 0 Å². The molecule has 1 aliphatic heterocycles. The van der Waals surface area contributed by atoms with Gasteiger partial charge in [0.2, 0.25) is 5.54 Å². The Bertz CT molecular complexity index is 194. The predicted octanol–water partition coefficient (Wildman–Crippen LogP) is -2.51. The average Bonchev–Trinajstić information content (AvgIpc) is 2.05. The van der Waals surface area contributed by atoms with Crippen molar-refractivity contribution in [2.45, 2.75) is 5.54 Å². The lowest BCUT2D eigenvalue weighted by Crippen LogP contribution is -2.69. The van der Waals surface area contributed by atoms with Crippen LogP contribution in [0.4, 0.5) is 0 Å². The van der Waals surface area contributed by atoms with Crippen molar-refractivity contribution in [2.75, 3.05) is 19.6 Å². The number of nitrogens with two attached hydrogens (primary N) is 1. The van der Waals surface area contributed by atoms with E-state index in [1.165, 1.54) is 0 Å². The molecule has 0 bridgehead atoms. The van der Waals surface area contributed by atoms with E-state index >= 15 is 0 Å². The van der Waals surface area contributed by atoms with E-state index in [1.807, 2.05) is 0 Å². The summed E-state index contributed by atoms with van der Waals surface area (Å²) in [5.41, 5.74) is 3.35. The molecule has 0 aromatic carbocycles. The van der Waals surface area contributed by atoms with Gasteiger partial charge in [-0.15, -0.1) is 0 Å². The minimum absolute atomic E-state index is 0.0394. The van der Waals surface area contributed by atoms with Crippen LogP contribution in [-0.2, 0) is 9.59 Å². The predicted molar refractivity (Wildman–Crippen MR) is 40.4 cm³/mol. The Morgan fingerprint density at radius 3 is 2.33 bits per heavy atom. The van der Waals surface area contributed by atoms with Gasteiger partial charge in [0, 0.05) is 19.6 Å². The Kier molecular flexibility index (Phi) is 2.30. The molecule has 1 fully saturated rings. The van der Waals surface area contributed by atoms with Crippen LogP contribution in [0.1, 0.15) is 0 Å². The Morgan fingerprint density at radius 2 is 2.08 bits per heavy atom. The van der Waals surface area contributed by atoms with Gasteiger partial charge in [0.1, 0.15) is 0 Å². The highest BCUT2D eigenvalue weighted by atomic mass is 16.4. The van der Waals surface area contributed by atoms with Crippen LogP contribution in [0.2, 0.25) is 0 Å². The lowest BCUT2D eigenvalue weighted by atomic mass is 9.97. The molecule has 1 atom stereocenters. The molecule has 0 aromatic heterocycles. The third-order valence-electron chi connectivity index (χ3n) is 1.90. The molecule has 1 rings (SSSR count). The van der Waals surface area contributed by atoms with Gasteiger partial charge in [-0.3, -0.25) is 10.1 Å². The van der Waals surface area contributed by atoms with E-state index in [-0.39, 0.29) is 6.54 Å². The van der Waals surface area contributed by atoms with Gasteiger partial charge in [-0.1, -0.05) is 0 Å². The summed E-state index contributed by atoms with van der Waals surface area (Å²) in [7, 11) is 0. The molecule has 1 unspecified atom stereocenters. The summed E-state index contributed by atoms with van der Waals surface area (Å²) in [4.78, 5) is 21.6. The number of carbonyl (C=O) groups is 2. The Hall–Kier alpha value is -1.14. The number of rotatable bonds is 2. The van der Waals surface area contributed by atoms with Crippen LogP contribution in [0.3, 0.4) is 0 Å². The monoisotopic (exact) mass is 173 g/mol. The van der Waals surface area contributed by atoms with Crippen LogP contribution >= 0.6 is 0 Å². The lowest BCUT2D eigenvalue weighted by Gasteiger charge is -2.31. The Morgan fingerprint density at radius 1 is 1.42 bits per heavy atom. The van der Waals surface area contributed by atoms with Crippen molar-refractivity contribution in [1.82, 2.24) is 10.6 Å². The number of hydrogen-bond donors (Lipinski definition) is 4. The van der Waals surface area contributed by atoms with Crippen molar-refractivity contribution in [3.05, 3.63) is 0 Å². The second kappa shape index (κ2) is 3.08. The molecule has 1 heterocycles. The third-order valence-corrected chi connectivity index (χ3v) is 1.90. The zero-order chi connectivity index (χ0) is 9.19. The van der Waals surface area contributed by atoms with E-state index in [0.29, 0.717) is 13.1 Å². The van der Waals surface area contributed by atoms with Gasteiger partial charge in [0.25, 0.3) is 5.91 Å². The van der Waals surface area contributed by atoms with Gasteiger partial charge in [-0.2, -0.15) is 0 Å². The van der Waals surface area contributed by atoms with E-state index in [0.717, 1.165) is 0 Å². The van der Waals surface area contributed by atoms with Crippen molar-refractivity contribution in [2.24, 2.45) is 5.73 Å². The molecule has 1 amide bonds. The zero-order valence-electron chi connectivity index (χ0n) is 6.46. The van der Waals surface area contributed by atoms with E-state index < -0.39 is 17.4 Å². The number of hydrogen-bond acceptors (Lipinski definition) is 4. The molecule has 0 aliphatic carbocycles. The first-order valence-electron chi connectivity index (χ1n) is 3.58. The molecule has 12 heavy (non-hydrogen) atoms. The summed E-state index contributed by atoms with van der Waals surface area (Å²) in [6.07, 6.45) is 0. The van der Waals surface area contributed by atoms with Gasteiger partial charge < -0.3 is 16.2 Å². The van der Waals surface area contributed by atoms with E-state index in [1.54, 1.807) is 0 Å². The zero-order valence-corrected chi connectivity index (χ0v) is 6.46. The Balaban J connectivity index is 2.84. The largest absolute Gasteiger partial charge is 0.479 e. The number of carboxylic acid groups (broad SMARTS) is 1. The van der Waals surface area contributed by atoms with Gasteiger partial charge in [0.15, 0.2) is 0 Å². The fourth-order valence-electron chi connectivity index (χ4n) is 1.13. The summed E-state index contributed by atoms with van der Waals surface area (Å²) in [5.74, 6) is -2.09. The van der Waals surface area contributed by atoms with Gasteiger partial charge in [-0.05, 0) is 0 Å². The molecule has 1 saturated heterocycles. The van der Waals surface area contributed by atoms with Gasteiger partial charge in [0.05, 0.1) is 0 Å². The number of carboxylic acids is 1. The van der Waals surface area contributed by atoms with Crippen LogP contribution in [0, 0.1) is 0 Å². The van der Waals surface area contributed by atoms with Crippen molar-refractivity contribution in [3.8, 4) is 0 Å². The van der Waals surface area contributed by atoms with Crippen LogP contribution in [-0.4, -0.2) is 42.2 Å². The van der Waals surface area contributed by atoms with Crippen molar-refractivity contribution >= 4 is 11.9 Å². The lowest BCUT2D eigenvalue weighted by molar-refractivity contribution is -0.150. The molecular weight excluding hydrogens is 162 g/mol. The van der Waals surface area contributed by atoms with Crippen molar-refractivity contribution in [3.63, 3.8) is 0 Å². The maximum Gasteiger partial charge on any atom is 0.335 e. The molecule has 0 radical (unpaired) electrons. The fourth-order valence-corrected chi connectivity index (χ4v) is 1.13. The molecule has 0 saturated carbocycles. The first-order valence-corrected chi connectivity index (χ1v) is 3.58. The second-order valence-corrected chi connectivity index (χ2v) is 2.68. The average molecular weight is 173 g/mol. The minimum Gasteiger partial charge on any atom is -0.479 e. The smallest absolute Gasteiger partial charge is 0.335 e. The molecule has 5 N–H and O–H groups in total. The van der Waals surface area contributed by atoms with Crippen LogP contribution < -0.4 is 16.4 Å². The highest BCUT2D eigenvalue weighted by Crippen LogP contribution is 2.05. The quantitative estimate of drug-likeness (QED) is 0.345. The Labute approximate surface area is 69.1 Å². The van der Waals surface area contributed by atoms with E-state index in [4.69, 9.17) is 10.8 Å². The maximum absolute atomic E-state index is 10.9. The SMILES string of the molecule is NC(=O)C1(C(=O)O)CNCCN1. The second-order valence-electron chi connectivity index (χ2n) is 2.68. The molecule has 0 aromatic rings. The number of primary amides is 1. The first kappa shape index (κ1) is 8.95. The highest BCUT2D eigenvalue weighted by Gasteiger charge is 2.45. The fraction of sp³-hybridized carbons (Fsp3) is 0.667. The van der Waals surface area contributed by atoms with Crippen LogP contribution in [0.5, 0.6) is 0 Å². The summed E-state index contributed by atoms with van der Waals surface area (Å²) >= 11 is 0. The van der Waals surface area contributed by atoms with Crippen molar-refractivity contribution < 1.29 is 14.7 Å². The third kappa shape index (κ3) is 1.26.